The van der Waals surface area contributed by atoms with E-state index in [4.69, 9.17) is 11.6 Å². The number of benzene rings is 1. The van der Waals surface area contributed by atoms with E-state index in [-0.39, 0.29) is 0 Å². The van der Waals surface area contributed by atoms with Crippen LogP contribution in [-0.4, -0.2) is 25.0 Å². The molecule has 108 valence electrons. The number of likely N-dealkylation sites (N-methyl/N-ethyl adjacent to an activating group) is 1. The number of rotatable bonds is 7. The van der Waals surface area contributed by atoms with Crippen LogP contribution in [0.4, 0.5) is 0 Å². The van der Waals surface area contributed by atoms with Gasteiger partial charge in [0.25, 0.3) is 0 Å². The van der Waals surface area contributed by atoms with Crippen molar-refractivity contribution >= 4 is 38.9 Å². The van der Waals surface area contributed by atoms with Gasteiger partial charge in [-0.2, -0.15) is 0 Å². The van der Waals surface area contributed by atoms with Gasteiger partial charge < -0.3 is 10.2 Å². The van der Waals surface area contributed by atoms with E-state index in [0.717, 1.165) is 31.2 Å². The molecule has 1 heterocycles. The van der Waals surface area contributed by atoms with Crippen molar-refractivity contribution in [2.75, 3.05) is 20.1 Å². The van der Waals surface area contributed by atoms with E-state index in [0.29, 0.717) is 0 Å². The van der Waals surface area contributed by atoms with Crippen LogP contribution in [-0.2, 0) is 13.1 Å². The van der Waals surface area contributed by atoms with E-state index < -0.39 is 0 Å². The van der Waals surface area contributed by atoms with Crippen molar-refractivity contribution in [1.29, 1.82) is 0 Å². The molecule has 0 saturated heterocycles. The predicted octanol–water partition coefficient (Wildman–Crippen LogP) is 4.39. The van der Waals surface area contributed by atoms with Crippen molar-refractivity contribution in [3.63, 3.8) is 0 Å². The van der Waals surface area contributed by atoms with E-state index in [9.17, 15) is 0 Å². The van der Waals surface area contributed by atoms with Gasteiger partial charge in [0.05, 0.1) is 0 Å². The molecule has 0 bridgehead atoms. The highest BCUT2D eigenvalue weighted by Crippen LogP contribution is 2.19. The molecule has 0 atom stereocenters. The summed E-state index contributed by atoms with van der Waals surface area (Å²) in [5.74, 6) is 0. The average Bonchev–Trinajstić information content (AvgIpc) is 2.83. The van der Waals surface area contributed by atoms with E-state index in [1.54, 1.807) is 11.3 Å². The minimum atomic E-state index is 0.792. The van der Waals surface area contributed by atoms with Crippen molar-refractivity contribution < 1.29 is 0 Å². The first kappa shape index (κ1) is 16.0. The molecule has 0 aliphatic rings. The van der Waals surface area contributed by atoms with Gasteiger partial charge in [-0.25, -0.2) is 0 Å². The number of hydrogen-bond acceptors (Lipinski definition) is 3. The molecular weight excluding hydrogens is 356 g/mol. The fourth-order valence-electron chi connectivity index (χ4n) is 1.91. The SMILES string of the molecule is CN(CCNCc1cc(Br)cs1)Cc1ccc(Cl)cc1. The minimum absolute atomic E-state index is 0.792. The molecule has 20 heavy (non-hydrogen) atoms. The number of nitrogens with one attached hydrogen (secondary N) is 1. The molecule has 0 spiro atoms. The van der Waals surface area contributed by atoms with Gasteiger partial charge in [-0.1, -0.05) is 23.7 Å². The second kappa shape index (κ2) is 8.15. The molecule has 2 nitrogen and oxygen atoms in total. The Morgan fingerprint density at radius 1 is 1.30 bits per heavy atom. The van der Waals surface area contributed by atoms with Crippen LogP contribution in [0.2, 0.25) is 5.02 Å². The van der Waals surface area contributed by atoms with Gasteiger partial charge in [-0.05, 0) is 46.7 Å². The van der Waals surface area contributed by atoms with Gasteiger partial charge in [-0.3, -0.25) is 0 Å². The van der Waals surface area contributed by atoms with Crippen molar-refractivity contribution in [3.8, 4) is 0 Å². The van der Waals surface area contributed by atoms with E-state index >= 15 is 0 Å². The lowest BCUT2D eigenvalue weighted by Gasteiger charge is -2.17. The minimum Gasteiger partial charge on any atom is -0.311 e. The smallest absolute Gasteiger partial charge is 0.0406 e. The Morgan fingerprint density at radius 3 is 2.70 bits per heavy atom. The highest BCUT2D eigenvalue weighted by molar-refractivity contribution is 9.10. The first-order valence-corrected chi connectivity index (χ1v) is 8.55. The molecule has 0 aliphatic heterocycles. The molecular formula is C15H18BrClN2S. The molecule has 2 rings (SSSR count). The summed E-state index contributed by atoms with van der Waals surface area (Å²) >= 11 is 11.1. The summed E-state index contributed by atoms with van der Waals surface area (Å²) < 4.78 is 1.17. The second-order valence-corrected chi connectivity index (χ2v) is 7.12. The summed E-state index contributed by atoms with van der Waals surface area (Å²) in [6, 6.07) is 10.2. The fraction of sp³-hybridized carbons (Fsp3) is 0.333. The second-order valence-electron chi connectivity index (χ2n) is 4.77. The van der Waals surface area contributed by atoms with Crippen molar-refractivity contribution in [2.45, 2.75) is 13.1 Å². The Balaban J connectivity index is 1.65. The lowest BCUT2D eigenvalue weighted by Crippen LogP contribution is -2.28. The van der Waals surface area contributed by atoms with E-state index in [2.05, 4.69) is 56.8 Å². The number of nitrogens with zero attached hydrogens (tertiary/aromatic N) is 1. The fourth-order valence-corrected chi connectivity index (χ4v) is 3.46. The maximum Gasteiger partial charge on any atom is 0.0406 e. The highest BCUT2D eigenvalue weighted by atomic mass is 79.9. The number of halogens is 2. The quantitative estimate of drug-likeness (QED) is 0.724. The van der Waals surface area contributed by atoms with E-state index in [1.165, 1.54) is 14.9 Å². The Kier molecular flexibility index (Phi) is 6.52. The van der Waals surface area contributed by atoms with Crippen molar-refractivity contribution in [3.05, 3.63) is 55.6 Å². The molecule has 1 aromatic heterocycles. The first-order valence-electron chi connectivity index (χ1n) is 6.50. The summed E-state index contributed by atoms with van der Waals surface area (Å²) in [5.41, 5.74) is 1.29. The topological polar surface area (TPSA) is 15.3 Å². The van der Waals surface area contributed by atoms with Gasteiger partial charge >= 0.3 is 0 Å². The van der Waals surface area contributed by atoms with Crippen LogP contribution in [0.25, 0.3) is 0 Å². The highest BCUT2D eigenvalue weighted by Gasteiger charge is 2.01. The third-order valence-corrected chi connectivity index (χ3v) is 4.91. The van der Waals surface area contributed by atoms with Crippen LogP contribution in [0.3, 0.4) is 0 Å². The average molecular weight is 374 g/mol. The standard InChI is InChI=1S/C15H18BrClN2S/c1-19(10-12-2-4-14(17)5-3-12)7-6-18-9-15-8-13(16)11-20-15/h2-5,8,11,18H,6-7,9-10H2,1H3. The molecule has 2 aromatic rings. The molecule has 0 aliphatic carbocycles. The van der Waals surface area contributed by atoms with E-state index in [1.807, 2.05) is 12.1 Å². The summed E-state index contributed by atoms with van der Waals surface area (Å²) in [6.07, 6.45) is 0. The molecule has 1 aromatic carbocycles. The Morgan fingerprint density at radius 2 is 2.05 bits per heavy atom. The maximum absolute atomic E-state index is 5.88. The van der Waals surface area contributed by atoms with Crippen LogP contribution >= 0.6 is 38.9 Å². The maximum atomic E-state index is 5.88. The molecule has 0 amide bonds. The molecule has 5 heteroatoms. The first-order chi connectivity index (χ1) is 9.63. The van der Waals surface area contributed by atoms with Crippen LogP contribution in [0.15, 0.2) is 40.2 Å². The zero-order valence-corrected chi connectivity index (χ0v) is 14.6. The summed E-state index contributed by atoms with van der Waals surface area (Å²) in [5, 5.41) is 6.37. The van der Waals surface area contributed by atoms with Crippen LogP contribution in [0.5, 0.6) is 0 Å². The van der Waals surface area contributed by atoms with Gasteiger partial charge in [0.1, 0.15) is 0 Å². The Hall–Kier alpha value is -0.390. The molecule has 0 fully saturated rings. The Bertz CT molecular complexity index is 527. The predicted molar refractivity (Wildman–Crippen MR) is 91.5 cm³/mol. The summed E-state index contributed by atoms with van der Waals surface area (Å²) in [4.78, 5) is 3.66. The number of hydrogen-bond donors (Lipinski definition) is 1. The van der Waals surface area contributed by atoms with Gasteiger partial charge in [0.15, 0.2) is 0 Å². The van der Waals surface area contributed by atoms with Gasteiger partial charge in [0.2, 0.25) is 0 Å². The van der Waals surface area contributed by atoms with Crippen LogP contribution < -0.4 is 5.32 Å². The lowest BCUT2D eigenvalue weighted by atomic mass is 10.2. The van der Waals surface area contributed by atoms with Crippen LogP contribution in [0.1, 0.15) is 10.4 Å². The normalized spacial score (nSPS) is 11.2. The zero-order valence-electron chi connectivity index (χ0n) is 11.4. The van der Waals surface area contributed by atoms with Crippen molar-refractivity contribution in [1.82, 2.24) is 10.2 Å². The molecule has 1 N–H and O–H groups in total. The van der Waals surface area contributed by atoms with Gasteiger partial charge in [0, 0.05) is 45.9 Å². The Labute approximate surface area is 137 Å². The molecule has 0 unspecified atom stereocenters. The summed E-state index contributed by atoms with van der Waals surface area (Å²) in [6.45, 7) is 3.89. The lowest BCUT2D eigenvalue weighted by molar-refractivity contribution is 0.324. The van der Waals surface area contributed by atoms with Crippen LogP contribution in [0, 0.1) is 0 Å². The molecule has 0 radical (unpaired) electrons. The number of thiophene rings is 1. The third-order valence-electron chi connectivity index (χ3n) is 2.96. The summed E-state index contributed by atoms with van der Waals surface area (Å²) in [7, 11) is 2.14. The molecule has 0 saturated carbocycles. The largest absolute Gasteiger partial charge is 0.311 e. The third kappa shape index (κ3) is 5.54. The van der Waals surface area contributed by atoms with Crippen molar-refractivity contribution in [2.24, 2.45) is 0 Å². The monoisotopic (exact) mass is 372 g/mol. The zero-order chi connectivity index (χ0) is 14.4. The van der Waals surface area contributed by atoms with Gasteiger partial charge in [-0.15, -0.1) is 11.3 Å².